The lowest BCUT2D eigenvalue weighted by Crippen LogP contribution is -1.90. The first kappa shape index (κ1) is 12.1. The predicted molar refractivity (Wildman–Crippen MR) is 79.6 cm³/mol. The molecule has 3 aromatic rings. The number of para-hydroxylation sites is 2. The highest BCUT2D eigenvalue weighted by Crippen LogP contribution is 2.29. The van der Waals surface area contributed by atoms with Gasteiger partial charge in [-0.15, -0.1) is 11.3 Å². The highest BCUT2D eigenvalue weighted by atomic mass is 35.5. The molecule has 0 radical (unpaired) electrons. The van der Waals surface area contributed by atoms with E-state index in [9.17, 15) is 0 Å². The van der Waals surface area contributed by atoms with E-state index in [1.165, 1.54) is 10.4 Å². The number of aryl methyl sites for hydroxylation is 1. The van der Waals surface area contributed by atoms with Crippen molar-refractivity contribution in [1.82, 2.24) is 9.55 Å². The third kappa shape index (κ3) is 2.28. The van der Waals surface area contributed by atoms with Gasteiger partial charge in [0.05, 0.1) is 15.4 Å². The molecule has 0 amide bonds. The zero-order chi connectivity index (χ0) is 12.5. The Bertz CT molecular complexity index is 687. The van der Waals surface area contributed by atoms with E-state index in [0.29, 0.717) is 0 Å². The summed E-state index contributed by atoms with van der Waals surface area (Å²) in [6.07, 6.45) is 0. The molecule has 0 N–H and O–H groups in total. The number of benzene rings is 1. The van der Waals surface area contributed by atoms with Gasteiger partial charge in [0.1, 0.15) is 0 Å². The largest absolute Gasteiger partial charge is 0.322 e. The molecule has 0 fully saturated rings. The number of aromatic nitrogens is 2. The summed E-state index contributed by atoms with van der Waals surface area (Å²) in [6, 6.07) is 12.2. The van der Waals surface area contributed by atoms with Gasteiger partial charge in [-0.3, -0.25) is 0 Å². The van der Waals surface area contributed by atoms with Crippen LogP contribution in [0.25, 0.3) is 11.0 Å². The van der Waals surface area contributed by atoms with Crippen molar-refractivity contribution in [3.63, 3.8) is 0 Å². The molecule has 2 aromatic heterocycles. The second kappa shape index (κ2) is 4.96. The van der Waals surface area contributed by atoms with E-state index in [-0.39, 0.29) is 0 Å². The first-order valence-corrected chi connectivity index (χ1v) is 7.70. The molecule has 1 aromatic carbocycles. The molecule has 2 nitrogen and oxygen atoms in total. The summed E-state index contributed by atoms with van der Waals surface area (Å²) in [5.41, 5.74) is 2.22. The maximum atomic E-state index is 5.93. The third-order valence-electron chi connectivity index (χ3n) is 2.72. The van der Waals surface area contributed by atoms with Crippen molar-refractivity contribution in [3.8, 4) is 0 Å². The minimum absolute atomic E-state index is 0.843. The Kier molecular flexibility index (Phi) is 3.33. The van der Waals surface area contributed by atoms with Crippen molar-refractivity contribution >= 4 is 45.7 Å². The van der Waals surface area contributed by atoms with Gasteiger partial charge in [-0.05, 0) is 24.3 Å². The highest BCUT2D eigenvalue weighted by Gasteiger charge is 2.08. The SMILES string of the molecule is Cn1c(SCc2ccc(Cl)s2)nc2ccccc21. The standard InChI is InChI=1S/C13H11ClN2S2/c1-16-11-5-3-2-4-10(11)15-13(16)17-8-9-6-7-12(14)18-9/h2-7H,8H2,1H3. The molecule has 2 heterocycles. The van der Waals surface area contributed by atoms with Crippen LogP contribution >= 0.6 is 34.7 Å². The van der Waals surface area contributed by atoms with Gasteiger partial charge in [0, 0.05) is 17.7 Å². The van der Waals surface area contributed by atoms with Crippen LogP contribution < -0.4 is 0 Å². The third-order valence-corrected chi connectivity index (χ3v) is 5.21. The predicted octanol–water partition coefficient (Wildman–Crippen LogP) is 4.58. The minimum Gasteiger partial charge on any atom is -0.322 e. The number of thiophene rings is 1. The lowest BCUT2D eigenvalue weighted by molar-refractivity contribution is 0.815. The number of hydrogen-bond acceptors (Lipinski definition) is 3. The van der Waals surface area contributed by atoms with Crippen LogP contribution in [0.1, 0.15) is 4.88 Å². The summed E-state index contributed by atoms with van der Waals surface area (Å²) >= 11 is 9.30. The summed E-state index contributed by atoms with van der Waals surface area (Å²) in [7, 11) is 2.05. The molecule has 0 aliphatic carbocycles. The zero-order valence-corrected chi connectivity index (χ0v) is 12.1. The van der Waals surface area contributed by atoms with Gasteiger partial charge in [0.15, 0.2) is 5.16 Å². The van der Waals surface area contributed by atoms with Gasteiger partial charge in [0.25, 0.3) is 0 Å². The molecule has 0 spiro atoms. The Balaban J connectivity index is 1.84. The fourth-order valence-electron chi connectivity index (χ4n) is 1.82. The highest BCUT2D eigenvalue weighted by molar-refractivity contribution is 7.98. The molecule has 0 saturated heterocycles. The van der Waals surface area contributed by atoms with Crippen molar-refractivity contribution in [3.05, 3.63) is 45.6 Å². The normalized spacial score (nSPS) is 11.2. The summed E-state index contributed by atoms with van der Waals surface area (Å²) in [6.45, 7) is 0. The topological polar surface area (TPSA) is 17.8 Å². The second-order valence-corrected chi connectivity index (χ2v) is 6.68. The number of imidazole rings is 1. The van der Waals surface area contributed by atoms with Gasteiger partial charge in [-0.2, -0.15) is 0 Å². The molecular weight excluding hydrogens is 284 g/mol. The van der Waals surface area contributed by atoms with Gasteiger partial charge in [-0.25, -0.2) is 4.98 Å². The van der Waals surface area contributed by atoms with Crippen LogP contribution in [0.2, 0.25) is 4.34 Å². The maximum absolute atomic E-state index is 5.93. The number of nitrogens with zero attached hydrogens (tertiary/aromatic N) is 2. The van der Waals surface area contributed by atoms with Gasteiger partial charge in [0.2, 0.25) is 0 Å². The van der Waals surface area contributed by atoms with Crippen molar-refractivity contribution in [1.29, 1.82) is 0 Å². The smallest absolute Gasteiger partial charge is 0.169 e. The second-order valence-electron chi connectivity index (χ2n) is 3.94. The van der Waals surface area contributed by atoms with Crippen LogP contribution in [0.4, 0.5) is 0 Å². The number of rotatable bonds is 3. The molecule has 5 heteroatoms. The maximum Gasteiger partial charge on any atom is 0.169 e. The van der Waals surface area contributed by atoms with Gasteiger partial charge < -0.3 is 4.57 Å². The van der Waals surface area contributed by atoms with E-state index in [4.69, 9.17) is 11.6 Å². The summed E-state index contributed by atoms with van der Waals surface area (Å²) in [4.78, 5) is 5.91. The number of fused-ring (bicyclic) bond motifs is 1. The van der Waals surface area contributed by atoms with Gasteiger partial charge >= 0.3 is 0 Å². The number of halogens is 1. The van der Waals surface area contributed by atoms with E-state index < -0.39 is 0 Å². The van der Waals surface area contributed by atoms with Crippen molar-refractivity contribution < 1.29 is 0 Å². The van der Waals surface area contributed by atoms with Crippen LogP contribution in [0.15, 0.2) is 41.6 Å². The van der Waals surface area contributed by atoms with Crippen molar-refractivity contribution in [2.24, 2.45) is 7.05 Å². The molecule has 0 saturated carbocycles. The van der Waals surface area contributed by atoms with Crippen LogP contribution in [-0.4, -0.2) is 9.55 Å². The summed E-state index contributed by atoms with van der Waals surface area (Å²) in [5.74, 6) is 0.911. The average molecular weight is 295 g/mol. The van der Waals surface area contributed by atoms with E-state index in [0.717, 1.165) is 20.8 Å². The molecule has 92 valence electrons. The fraction of sp³-hybridized carbons (Fsp3) is 0.154. The zero-order valence-electron chi connectivity index (χ0n) is 9.76. The molecule has 18 heavy (non-hydrogen) atoms. The molecule has 3 rings (SSSR count). The van der Waals surface area contributed by atoms with Crippen LogP contribution in [0.3, 0.4) is 0 Å². The quantitative estimate of drug-likeness (QED) is 0.658. The fourth-order valence-corrected chi connectivity index (χ4v) is 3.94. The number of hydrogen-bond donors (Lipinski definition) is 0. The first-order valence-electron chi connectivity index (χ1n) is 5.52. The van der Waals surface area contributed by atoms with Crippen molar-refractivity contribution in [2.75, 3.05) is 0 Å². The van der Waals surface area contributed by atoms with Crippen LogP contribution in [0.5, 0.6) is 0 Å². The summed E-state index contributed by atoms with van der Waals surface area (Å²) in [5, 5.41) is 1.04. The Morgan fingerprint density at radius 2 is 2.11 bits per heavy atom. The van der Waals surface area contributed by atoms with E-state index in [1.54, 1.807) is 23.1 Å². The lowest BCUT2D eigenvalue weighted by Gasteiger charge is -2.00. The molecule has 0 unspecified atom stereocenters. The molecule has 0 bridgehead atoms. The van der Waals surface area contributed by atoms with E-state index >= 15 is 0 Å². The van der Waals surface area contributed by atoms with E-state index in [2.05, 4.69) is 28.7 Å². The van der Waals surface area contributed by atoms with Crippen molar-refractivity contribution in [2.45, 2.75) is 10.9 Å². The minimum atomic E-state index is 0.843. The van der Waals surface area contributed by atoms with Crippen LogP contribution in [0, 0.1) is 0 Å². The van der Waals surface area contributed by atoms with Gasteiger partial charge in [-0.1, -0.05) is 35.5 Å². The lowest BCUT2D eigenvalue weighted by atomic mass is 10.3. The number of thioether (sulfide) groups is 1. The average Bonchev–Trinajstić information content (AvgIpc) is 2.92. The van der Waals surface area contributed by atoms with Crippen LogP contribution in [-0.2, 0) is 12.8 Å². The molecule has 0 atom stereocenters. The van der Waals surface area contributed by atoms with E-state index in [1.807, 2.05) is 24.3 Å². The Morgan fingerprint density at radius 3 is 2.83 bits per heavy atom. The molecule has 0 aliphatic rings. The monoisotopic (exact) mass is 294 g/mol. The summed E-state index contributed by atoms with van der Waals surface area (Å²) < 4.78 is 2.98. The Morgan fingerprint density at radius 1 is 1.28 bits per heavy atom. The Labute approximate surface area is 119 Å². The molecule has 0 aliphatic heterocycles. The first-order chi connectivity index (χ1) is 8.74. The molecular formula is C13H11ClN2S2. The Hall–Kier alpha value is -0.970.